The Hall–Kier alpha value is -2.07. The van der Waals surface area contributed by atoms with Crippen molar-refractivity contribution in [3.05, 3.63) is 29.8 Å². The normalized spacial score (nSPS) is 25.7. The SMILES string of the molecule is CC[C@H](NC)C(=O)N[C@H](C(=O)N1C[C@H]2CCCN2C[C@H]1C(=O)N[C@@H]1CCOc2ccccc21)C1CCCCC1.Cl.Cl. The maximum Gasteiger partial charge on any atom is 0.246 e. The summed E-state index contributed by atoms with van der Waals surface area (Å²) in [5.74, 6) is 0.548. The lowest BCUT2D eigenvalue weighted by molar-refractivity contribution is -0.149. The van der Waals surface area contributed by atoms with Crippen molar-refractivity contribution in [3.8, 4) is 5.75 Å². The van der Waals surface area contributed by atoms with Gasteiger partial charge < -0.3 is 25.6 Å². The molecule has 3 fully saturated rings. The van der Waals surface area contributed by atoms with E-state index in [4.69, 9.17) is 4.74 Å². The number of carbonyl (C=O) groups excluding carboxylic acids is 3. The molecule has 3 amide bonds. The summed E-state index contributed by atoms with van der Waals surface area (Å²) in [5, 5.41) is 9.48. The number of nitrogens with zero attached hydrogens (tertiary/aromatic N) is 2. The number of carbonyl (C=O) groups is 3. The maximum atomic E-state index is 14.4. The highest BCUT2D eigenvalue weighted by molar-refractivity contribution is 5.94. The average Bonchev–Trinajstić information content (AvgIpc) is 3.44. The summed E-state index contributed by atoms with van der Waals surface area (Å²) in [6.45, 7) is 4.53. The first-order valence-electron chi connectivity index (χ1n) is 15.0. The van der Waals surface area contributed by atoms with Gasteiger partial charge in [-0.3, -0.25) is 19.3 Å². The highest BCUT2D eigenvalue weighted by Gasteiger charge is 2.45. The van der Waals surface area contributed by atoms with Crippen molar-refractivity contribution in [1.82, 2.24) is 25.8 Å². The molecule has 41 heavy (non-hydrogen) atoms. The molecule has 230 valence electrons. The van der Waals surface area contributed by atoms with Gasteiger partial charge >= 0.3 is 0 Å². The zero-order valence-corrected chi connectivity index (χ0v) is 25.9. The van der Waals surface area contributed by atoms with E-state index in [2.05, 4.69) is 20.9 Å². The van der Waals surface area contributed by atoms with E-state index in [1.54, 1.807) is 7.05 Å². The topological polar surface area (TPSA) is 103 Å². The minimum absolute atomic E-state index is 0. The molecule has 3 N–H and O–H groups in total. The van der Waals surface area contributed by atoms with Gasteiger partial charge in [-0.05, 0) is 57.7 Å². The zero-order valence-electron chi connectivity index (χ0n) is 24.3. The molecule has 0 radical (unpaired) electrons. The second-order valence-electron chi connectivity index (χ2n) is 11.7. The molecule has 1 aliphatic carbocycles. The molecule has 2 saturated heterocycles. The molecule has 0 bridgehead atoms. The number of piperazine rings is 1. The summed E-state index contributed by atoms with van der Waals surface area (Å²) in [6, 6.07) is 6.42. The number of likely N-dealkylation sites (N-methyl/N-ethyl adjacent to an activating group) is 1. The van der Waals surface area contributed by atoms with Crippen LogP contribution in [-0.4, -0.2) is 85.0 Å². The van der Waals surface area contributed by atoms with Gasteiger partial charge in [0.25, 0.3) is 0 Å². The van der Waals surface area contributed by atoms with Crippen LogP contribution in [0.4, 0.5) is 0 Å². The predicted molar refractivity (Wildman–Crippen MR) is 164 cm³/mol. The lowest BCUT2D eigenvalue weighted by atomic mass is 9.82. The van der Waals surface area contributed by atoms with Crippen LogP contribution in [0.1, 0.15) is 76.3 Å². The first kappa shape index (κ1) is 33.4. The Labute approximate surface area is 256 Å². The van der Waals surface area contributed by atoms with Crippen molar-refractivity contribution in [2.75, 3.05) is 33.3 Å². The van der Waals surface area contributed by atoms with Crippen molar-refractivity contribution >= 4 is 42.5 Å². The number of ether oxygens (including phenoxy) is 1. The van der Waals surface area contributed by atoms with Gasteiger partial charge in [0.05, 0.1) is 18.7 Å². The Kier molecular flexibility index (Phi) is 12.6. The number of benzene rings is 1. The molecule has 0 aromatic heterocycles. The summed E-state index contributed by atoms with van der Waals surface area (Å²) in [6.07, 6.45) is 8.59. The fourth-order valence-electron chi connectivity index (χ4n) is 7.05. The number of hydrogen-bond donors (Lipinski definition) is 3. The number of fused-ring (bicyclic) bond motifs is 2. The number of para-hydroxylation sites is 1. The molecule has 5 atom stereocenters. The standard InChI is InChI=1S/C30H45N5O4.2ClH/c1-3-23(31-2)28(36)33-27(20-10-5-4-6-11-20)30(38)35-18-21-12-9-16-34(21)19-25(35)29(37)32-24-15-17-39-26-14-8-7-13-22(24)26;;/h7-8,13-14,20-21,23-25,27,31H,3-6,9-12,15-19H2,1-2H3,(H,32,37)(H,33,36);2*1H/t21-,23+,24-,25+,27+;;/m1../s1. The largest absolute Gasteiger partial charge is 0.493 e. The second kappa shape index (κ2) is 15.4. The molecule has 0 unspecified atom stereocenters. The van der Waals surface area contributed by atoms with Crippen LogP contribution < -0.4 is 20.7 Å². The summed E-state index contributed by atoms with van der Waals surface area (Å²) in [5.41, 5.74) is 0.981. The Morgan fingerprint density at radius 2 is 1.76 bits per heavy atom. The van der Waals surface area contributed by atoms with E-state index in [1.165, 1.54) is 0 Å². The maximum absolute atomic E-state index is 14.4. The predicted octanol–water partition coefficient (Wildman–Crippen LogP) is 3.21. The average molecular weight is 613 g/mol. The Morgan fingerprint density at radius 1 is 1.00 bits per heavy atom. The first-order chi connectivity index (χ1) is 19.0. The van der Waals surface area contributed by atoms with Crippen molar-refractivity contribution in [3.63, 3.8) is 0 Å². The quantitative estimate of drug-likeness (QED) is 0.417. The molecule has 1 aromatic rings. The Bertz CT molecular complexity index is 1040. The number of halogens is 2. The van der Waals surface area contributed by atoms with Crippen LogP contribution in [0.5, 0.6) is 5.75 Å². The monoisotopic (exact) mass is 611 g/mol. The second-order valence-corrected chi connectivity index (χ2v) is 11.7. The van der Waals surface area contributed by atoms with Crippen LogP contribution in [0.25, 0.3) is 0 Å². The summed E-state index contributed by atoms with van der Waals surface area (Å²) < 4.78 is 5.80. The van der Waals surface area contributed by atoms with Gasteiger partial charge in [-0.2, -0.15) is 0 Å². The van der Waals surface area contributed by atoms with Gasteiger partial charge in [0.15, 0.2) is 0 Å². The molecular formula is C30H47Cl2N5O4. The fraction of sp³-hybridized carbons (Fsp3) is 0.700. The van der Waals surface area contributed by atoms with E-state index in [1.807, 2.05) is 36.1 Å². The van der Waals surface area contributed by atoms with Gasteiger partial charge in [-0.25, -0.2) is 0 Å². The fourth-order valence-corrected chi connectivity index (χ4v) is 7.05. The number of nitrogens with one attached hydrogen (secondary N) is 3. The molecule has 3 heterocycles. The molecule has 9 nitrogen and oxygen atoms in total. The van der Waals surface area contributed by atoms with Crippen molar-refractivity contribution < 1.29 is 19.1 Å². The summed E-state index contributed by atoms with van der Waals surface area (Å²) >= 11 is 0. The zero-order chi connectivity index (χ0) is 27.4. The van der Waals surface area contributed by atoms with Crippen LogP contribution in [0.15, 0.2) is 24.3 Å². The van der Waals surface area contributed by atoms with Crippen LogP contribution in [0.2, 0.25) is 0 Å². The van der Waals surface area contributed by atoms with E-state index < -0.39 is 12.1 Å². The summed E-state index contributed by atoms with van der Waals surface area (Å²) in [7, 11) is 1.78. The number of amides is 3. The lowest BCUT2D eigenvalue weighted by Gasteiger charge is -2.45. The van der Waals surface area contributed by atoms with Gasteiger partial charge in [0.2, 0.25) is 17.7 Å². The summed E-state index contributed by atoms with van der Waals surface area (Å²) in [4.78, 5) is 45.7. The van der Waals surface area contributed by atoms with Crippen LogP contribution in [0.3, 0.4) is 0 Å². The van der Waals surface area contributed by atoms with Crippen LogP contribution >= 0.6 is 24.8 Å². The van der Waals surface area contributed by atoms with Crippen LogP contribution in [0, 0.1) is 5.92 Å². The Morgan fingerprint density at radius 3 is 2.49 bits per heavy atom. The minimum atomic E-state index is -0.604. The van der Waals surface area contributed by atoms with Gasteiger partial charge in [-0.15, -0.1) is 24.8 Å². The van der Waals surface area contributed by atoms with E-state index in [-0.39, 0.29) is 66.6 Å². The van der Waals surface area contributed by atoms with Crippen molar-refractivity contribution in [1.29, 1.82) is 0 Å². The third kappa shape index (κ3) is 7.48. The molecule has 1 saturated carbocycles. The third-order valence-corrected chi connectivity index (χ3v) is 9.31. The third-order valence-electron chi connectivity index (χ3n) is 9.31. The molecule has 11 heteroatoms. The minimum Gasteiger partial charge on any atom is -0.493 e. The molecule has 1 aromatic carbocycles. The first-order valence-corrected chi connectivity index (χ1v) is 15.0. The Balaban J connectivity index is 0.00000231. The van der Waals surface area contributed by atoms with Gasteiger partial charge in [0.1, 0.15) is 17.8 Å². The molecule has 5 rings (SSSR count). The molecule has 3 aliphatic heterocycles. The highest BCUT2D eigenvalue weighted by Crippen LogP contribution is 2.33. The van der Waals surface area contributed by atoms with Gasteiger partial charge in [-0.1, -0.05) is 44.4 Å². The van der Waals surface area contributed by atoms with Gasteiger partial charge in [0, 0.05) is 31.1 Å². The number of hydrogen-bond acceptors (Lipinski definition) is 6. The van der Waals surface area contributed by atoms with E-state index in [0.29, 0.717) is 32.5 Å². The smallest absolute Gasteiger partial charge is 0.246 e. The van der Waals surface area contributed by atoms with Crippen LogP contribution in [-0.2, 0) is 14.4 Å². The van der Waals surface area contributed by atoms with E-state index in [9.17, 15) is 14.4 Å². The molecular weight excluding hydrogens is 565 g/mol. The highest BCUT2D eigenvalue weighted by atomic mass is 35.5. The van der Waals surface area contributed by atoms with Crippen molar-refractivity contribution in [2.45, 2.75) is 94.9 Å². The van der Waals surface area contributed by atoms with E-state index >= 15 is 0 Å². The number of rotatable bonds is 8. The molecule has 4 aliphatic rings. The lowest BCUT2D eigenvalue weighted by Crippen LogP contribution is -2.66. The molecule has 0 spiro atoms. The van der Waals surface area contributed by atoms with E-state index in [0.717, 1.165) is 62.8 Å². The van der Waals surface area contributed by atoms with Crippen molar-refractivity contribution in [2.24, 2.45) is 5.92 Å².